The van der Waals surface area contributed by atoms with E-state index < -0.39 is 42.4 Å². The predicted octanol–water partition coefficient (Wildman–Crippen LogP) is 4.10. The molecule has 6 atom stereocenters. The third kappa shape index (κ3) is 11.2. The Labute approximate surface area is 260 Å². The Morgan fingerprint density at radius 3 is 2.23 bits per heavy atom. The van der Waals surface area contributed by atoms with E-state index in [4.69, 9.17) is 13.9 Å². The fraction of sp³-hybridized carbons (Fsp3) is 0.706. The van der Waals surface area contributed by atoms with Gasteiger partial charge in [-0.2, -0.15) is 0 Å². The van der Waals surface area contributed by atoms with Crippen LogP contribution in [0.5, 0.6) is 5.75 Å². The van der Waals surface area contributed by atoms with E-state index >= 15 is 0 Å². The van der Waals surface area contributed by atoms with Crippen LogP contribution in [0.25, 0.3) is 11.0 Å². The van der Waals surface area contributed by atoms with Crippen LogP contribution in [0.1, 0.15) is 110 Å². The second-order valence-corrected chi connectivity index (χ2v) is 13.1. The van der Waals surface area contributed by atoms with Gasteiger partial charge in [0, 0.05) is 31.4 Å². The fourth-order valence-electron chi connectivity index (χ4n) is 5.65. The molecule has 10 heteroatoms. The van der Waals surface area contributed by atoms with Crippen molar-refractivity contribution >= 4 is 16.8 Å². The van der Waals surface area contributed by atoms with Crippen LogP contribution < -0.4 is 10.2 Å². The molecule has 1 saturated heterocycles. The summed E-state index contributed by atoms with van der Waals surface area (Å²) in [7, 11) is 0. The third-order valence-corrected chi connectivity index (χ3v) is 8.14. The van der Waals surface area contributed by atoms with Crippen molar-refractivity contribution in [3.8, 4) is 5.75 Å². The molecule has 1 aliphatic heterocycles. The second-order valence-electron chi connectivity index (χ2n) is 13.1. The minimum absolute atomic E-state index is 0.160. The first-order valence-electron chi connectivity index (χ1n) is 16.1. The fourth-order valence-corrected chi connectivity index (χ4v) is 5.65. The highest BCUT2D eigenvalue weighted by Crippen LogP contribution is 2.30. The maximum Gasteiger partial charge on any atom is 0.229 e. The number of aliphatic hydroxyl groups is 5. The van der Waals surface area contributed by atoms with Gasteiger partial charge in [0.25, 0.3) is 0 Å². The van der Waals surface area contributed by atoms with Crippen LogP contribution in [-0.4, -0.2) is 73.7 Å². The molecular weight excluding hydrogens is 568 g/mol. The maximum atomic E-state index is 13.1. The highest BCUT2D eigenvalue weighted by Gasteiger charge is 2.43. The van der Waals surface area contributed by atoms with Gasteiger partial charge in [0.1, 0.15) is 41.2 Å². The summed E-state index contributed by atoms with van der Waals surface area (Å²) >= 11 is 0. The van der Waals surface area contributed by atoms with Gasteiger partial charge in [-0.3, -0.25) is 9.59 Å². The number of ether oxygens (including phenoxy) is 2. The van der Waals surface area contributed by atoms with Gasteiger partial charge in [-0.1, -0.05) is 32.1 Å². The monoisotopic (exact) mass is 620 g/mol. The minimum Gasteiger partial charge on any atom is -0.462 e. The van der Waals surface area contributed by atoms with Gasteiger partial charge in [0.2, 0.25) is 6.29 Å². The first-order chi connectivity index (χ1) is 20.7. The number of benzene rings is 1. The highest BCUT2D eigenvalue weighted by atomic mass is 16.7. The Morgan fingerprint density at radius 1 is 0.932 bits per heavy atom. The van der Waals surface area contributed by atoms with Crippen LogP contribution in [0, 0.1) is 0 Å². The van der Waals surface area contributed by atoms with Gasteiger partial charge in [-0.15, -0.1) is 0 Å². The molecule has 0 aliphatic carbocycles. The lowest BCUT2D eigenvalue weighted by Crippen LogP contribution is -2.58. The SMILES string of the molecule is CC(O)Cc1cc(=O)c2c(CCCCCC(=O)CCCCCCCC(C)(C)O)cc(O[C@@H]3O[C@@H](C)[C@H](O)[C@@H](O)[C@H]3O)cc2o1. The Bertz CT molecular complexity index is 1250. The van der Waals surface area contributed by atoms with Gasteiger partial charge >= 0.3 is 0 Å². The Morgan fingerprint density at radius 2 is 1.57 bits per heavy atom. The number of carbonyl (C=O) groups excluding carboxylic acids is 1. The number of aryl methyl sites for hydroxylation is 1. The first kappa shape index (κ1) is 36.1. The molecule has 1 aromatic carbocycles. The number of Topliss-reactive ketones (excluding diaryl/α,β-unsaturated/α-hetero) is 1. The molecule has 3 rings (SSSR count). The molecule has 0 spiro atoms. The number of hydrogen-bond acceptors (Lipinski definition) is 10. The number of unbranched alkanes of at least 4 members (excludes halogenated alkanes) is 6. The molecule has 0 bridgehead atoms. The van der Waals surface area contributed by atoms with E-state index in [1.807, 2.05) is 13.8 Å². The molecule has 10 nitrogen and oxygen atoms in total. The highest BCUT2D eigenvalue weighted by molar-refractivity contribution is 5.82. The van der Waals surface area contributed by atoms with Crippen molar-refractivity contribution in [1.82, 2.24) is 0 Å². The quantitative estimate of drug-likeness (QED) is 0.153. The lowest BCUT2D eigenvalue weighted by atomic mass is 9.98. The van der Waals surface area contributed by atoms with Crippen molar-refractivity contribution in [2.24, 2.45) is 0 Å². The largest absolute Gasteiger partial charge is 0.462 e. The summed E-state index contributed by atoms with van der Waals surface area (Å²) in [4.78, 5) is 25.5. The van der Waals surface area contributed by atoms with Crippen molar-refractivity contribution in [2.45, 2.75) is 154 Å². The lowest BCUT2D eigenvalue weighted by molar-refractivity contribution is -0.268. The number of fused-ring (bicyclic) bond motifs is 1. The zero-order chi connectivity index (χ0) is 32.4. The molecule has 0 radical (unpaired) electrons. The second kappa shape index (κ2) is 16.8. The molecule has 2 heterocycles. The summed E-state index contributed by atoms with van der Waals surface area (Å²) < 4.78 is 17.4. The normalized spacial score (nSPS) is 23.2. The zero-order valence-electron chi connectivity index (χ0n) is 26.7. The van der Waals surface area contributed by atoms with Gasteiger partial charge in [-0.05, 0) is 71.4 Å². The molecule has 5 N–H and O–H groups in total. The molecule has 1 unspecified atom stereocenters. The van der Waals surface area contributed by atoms with Gasteiger partial charge in [0.15, 0.2) is 5.43 Å². The van der Waals surface area contributed by atoms with Crippen molar-refractivity contribution in [3.05, 3.63) is 39.7 Å². The van der Waals surface area contributed by atoms with E-state index in [9.17, 15) is 35.1 Å². The van der Waals surface area contributed by atoms with E-state index in [-0.39, 0.29) is 29.0 Å². The summed E-state index contributed by atoms with van der Waals surface area (Å²) in [6.45, 7) is 6.82. The van der Waals surface area contributed by atoms with Crippen molar-refractivity contribution < 1.29 is 44.2 Å². The van der Waals surface area contributed by atoms with Crippen LogP contribution in [-0.2, 0) is 22.4 Å². The average Bonchev–Trinajstić information content (AvgIpc) is 2.92. The molecule has 2 aromatic rings. The topological polar surface area (TPSA) is 167 Å². The molecule has 0 amide bonds. The van der Waals surface area contributed by atoms with Gasteiger partial charge < -0.3 is 39.4 Å². The zero-order valence-corrected chi connectivity index (χ0v) is 26.7. The van der Waals surface area contributed by atoms with E-state index in [0.717, 1.165) is 57.8 Å². The summed E-state index contributed by atoms with van der Waals surface area (Å²) in [5.41, 5.74) is 0.107. The number of ketones is 1. The smallest absolute Gasteiger partial charge is 0.229 e. The van der Waals surface area contributed by atoms with Crippen LogP contribution >= 0.6 is 0 Å². The standard InChI is InChI=1S/C34H52O10/c1-21(35)17-25-19-27(37)29-23(13-9-8-11-15-24(36)14-10-6-5-7-12-16-34(3,4)41)18-26(20-28(29)43-25)44-33-32(40)31(39)30(38)22(2)42-33/h18-22,30-33,35,38-41H,5-17H2,1-4H3/t21?,22-,30-,31+,32+,33-/m0/s1. The minimum atomic E-state index is -1.50. The van der Waals surface area contributed by atoms with Crippen LogP contribution in [0.15, 0.2) is 27.4 Å². The molecular formula is C34H52O10. The molecule has 248 valence electrons. The Kier molecular flexibility index (Phi) is 13.8. The summed E-state index contributed by atoms with van der Waals surface area (Å²) in [6, 6.07) is 4.60. The molecule has 1 fully saturated rings. The molecule has 44 heavy (non-hydrogen) atoms. The van der Waals surface area contributed by atoms with E-state index in [0.29, 0.717) is 36.0 Å². The van der Waals surface area contributed by atoms with Crippen LogP contribution in [0.2, 0.25) is 0 Å². The number of carbonyl (C=O) groups is 1. The van der Waals surface area contributed by atoms with Crippen LogP contribution in [0.4, 0.5) is 0 Å². The third-order valence-electron chi connectivity index (χ3n) is 8.14. The summed E-state index contributed by atoms with van der Waals surface area (Å²) in [6.07, 6.45) is 2.97. The van der Waals surface area contributed by atoms with Crippen molar-refractivity contribution in [2.75, 3.05) is 0 Å². The Balaban J connectivity index is 1.58. The first-order valence-corrected chi connectivity index (χ1v) is 16.1. The number of rotatable bonds is 18. The van der Waals surface area contributed by atoms with Crippen molar-refractivity contribution in [3.63, 3.8) is 0 Å². The van der Waals surface area contributed by atoms with E-state index in [2.05, 4.69) is 0 Å². The van der Waals surface area contributed by atoms with Gasteiger partial charge in [0.05, 0.1) is 23.2 Å². The average molecular weight is 621 g/mol. The van der Waals surface area contributed by atoms with E-state index in [1.165, 1.54) is 12.1 Å². The molecule has 0 saturated carbocycles. The van der Waals surface area contributed by atoms with Gasteiger partial charge in [-0.25, -0.2) is 0 Å². The predicted molar refractivity (Wildman–Crippen MR) is 167 cm³/mol. The number of hydrogen-bond donors (Lipinski definition) is 5. The van der Waals surface area contributed by atoms with Crippen LogP contribution in [0.3, 0.4) is 0 Å². The van der Waals surface area contributed by atoms with E-state index in [1.54, 1.807) is 19.9 Å². The molecule has 1 aromatic heterocycles. The Hall–Kier alpha value is -2.34. The summed E-state index contributed by atoms with van der Waals surface area (Å²) in [5, 5.41) is 50.6. The summed E-state index contributed by atoms with van der Waals surface area (Å²) in [5.74, 6) is 0.857. The number of aliphatic hydroxyl groups excluding tert-OH is 4. The van der Waals surface area contributed by atoms with Crippen molar-refractivity contribution in [1.29, 1.82) is 0 Å². The lowest BCUT2D eigenvalue weighted by Gasteiger charge is -2.38. The maximum absolute atomic E-state index is 13.1. The molecule has 1 aliphatic rings.